The summed E-state index contributed by atoms with van der Waals surface area (Å²) in [6.45, 7) is 3.97. The van der Waals surface area contributed by atoms with Crippen LogP contribution in [0.3, 0.4) is 0 Å². The molecule has 1 aliphatic rings. The molecule has 2 atom stereocenters. The molecule has 0 saturated heterocycles. The molecular weight excluding hydrogens is 269 g/mol. The normalized spacial score (nSPS) is 19.0. The third-order valence-electron chi connectivity index (χ3n) is 3.38. The van der Waals surface area contributed by atoms with E-state index in [0.29, 0.717) is 18.6 Å². The highest BCUT2D eigenvalue weighted by molar-refractivity contribution is 5.78. The van der Waals surface area contributed by atoms with E-state index in [-0.39, 0.29) is 17.7 Å². The fraction of sp³-hybridized carbons (Fsp3) is 0.353. The van der Waals surface area contributed by atoms with Crippen molar-refractivity contribution in [3.05, 3.63) is 59.1 Å². The molecule has 21 heavy (non-hydrogen) atoms. The first-order valence-electron chi connectivity index (χ1n) is 7.02. The molecule has 1 aliphatic heterocycles. The van der Waals surface area contributed by atoms with E-state index in [4.69, 9.17) is 10.5 Å². The number of ether oxygens (including phenoxy) is 1. The SMILES string of the molecule is CC(C)=CCC1C=C(C(N)Cc2cccc(F)c2)OC1=O. The highest BCUT2D eigenvalue weighted by Gasteiger charge is 2.29. The zero-order valence-electron chi connectivity index (χ0n) is 12.3. The summed E-state index contributed by atoms with van der Waals surface area (Å²) in [6, 6.07) is 5.84. The van der Waals surface area contributed by atoms with E-state index in [1.54, 1.807) is 18.2 Å². The molecule has 112 valence electrons. The van der Waals surface area contributed by atoms with Crippen molar-refractivity contribution in [1.82, 2.24) is 0 Å². The average Bonchev–Trinajstić information content (AvgIpc) is 2.78. The van der Waals surface area contributed by atoms with Gasteiger partial charge in [-0.1, -0.05) is 23.8 Å². The molecule has 0 bridgehead atoms. The van der Waals surface area contributed by atoms with Gasteiger partial charge < -0.3 is 10.5 Å². The number of esters is 1. The number of carbonyl (C=O) groups excluding carboxylic acids is 1. The van der Waals surface area contributed by atoms with Crippen LogP contribution in [-0.2, 0) is 16.0 Å². The molecule has 0 amide bonds. The minimum absolute atomic E-state index is 0.266. The molecule has 4 heteroatoms. The summed E-state index contributed by atoms with van der Waals surface area (Å²) >= 11 is 0. The maximum atomic E-state index is 13.1. The van der Waals surface area contributed by atoms with Crippen molar-refractivity contribution in [2.24, 2.45) is 11.7 Å². The van der Waals surface area contributed by atoms with Crippen molar-refractivity contribution < 1.29 is 13.9 Å². The summed E-state index contributed by atoms with van der Waals surface area (Å²) in [7, 11) is 0. The lowest BCUT2D eigenvalue weighted by Gasteiger charge is -2.12. The highest BCUT2D eigenvalue weighted by atomic mass is 19.1. The van der Waals surface area contributed by atoms with Gasteiger partial charge >= 0.3 is 5.97 Å². The van der Waals surface area contributed by atoms with E-state index in [2.05, 4.69) is 0 Å². The van der Waals surface area contributed by atoms with Crippen LogP contribution >= 0.6 is 0 Å². The summed E-state index contributed by atoms with van der Waals surface area (Å²) in [6.07, 6.45) is 4.85. The number of hydrogen-bond donors (Lipinski definition) is 1. The molecule has 2 rings (SSSR count). The number of nitrogens with two attached hydrogens (primary N) is 1. The topological polar surface area (TPSA) is 52.3 Å². The van der Waals surface area contributed by atoms with Crippen molar-refractivity contribution in [3.63, 3.8) is 0 Å². The fourth-order valence-electron chi connectivity index (χ4n) is 2.24. The van der Waals surface area contributed by atoms with E-state index in [1.807, 2.05) is 19.9 Å². The molecule has 0 radical (unpaired) electrons. The van der Waals surface area contributed by atoms with Crippen LogP contribution in [0.25, 0.3) is 0 Å². The van der Waals surface area contributed by atoms with Crippen LogP contribution in [0.1, 0.15) is 25.8 Å². The lowest BCUT2D eigenvalue weighted by atomic mass is 10.0. The quantitative estimate of drug-likeness (QED) is 0.669. The number of hydrogen-bond acceptors (Lipinski definition) is 3. The Morgan fingerprint density at radius 2 is 2.24 bits per heavy atom. The van der Waals surface area contributed by atoms with E-state index in [0.717, 1.165) is 11.1 Å². The zero-order chi connectivity index (χ0) is 15.4. The molecule has 2 N–H and O–H groups in total. The van der Waals surface area contributed by atoms with Crippen LogP contribution in [0, 0.1) is 11.7 Å². The Morgan fingerprint density at radius 1 is 1.48 bits per heavy atom. The molecule has 0 spiro atoms. The van der Waals surface area contributed by atoms with Crippen molar-refractivity contribution in [2.75, 3.05) is 0 Å². The van der Waals surface area contributed by atoms with Crippen LogP contribution in [0.5, 0.6) is 0 Å². The van der Waals surface area contributed by atoms with E-state index in [1.165, 1.54) is 12.1 Å². The summed E-state index contributed by atoms with van der Waals surface area (Å²) in [4.78, 5) is 11.8. The average molecular weight is 289 g/mol. The first kappa shape index (κ1) is 15.4. The van der Waals surface area contributed by atoms with Crippen molar-refractivity contribution in [2.45, 2.75) is 32.7 Å². The smallest absolute Gasteiger partial charge is 0.318 e. The third kappa shape index (κ3) is 4.26. The standard InChI is InChI=1S/C17H20FNO2/c1-11(2)6-7-13-10-16(21-17(13)20)15(19)9-12-4-3-5-14(18)8-12/h3-6,8,10,13,15H,7,9,19H2,1-2H3. The molecule has 1 heterocycles. The van der Waals surface area contributed by atoms with Gasteiger partial charge in [0, 0.05) is 0 Å². The Bertz CT molecular complexity index is 588. The van der Waals surface area contributed by atoms with E-state index < -0.39 is 6.04 Å². The van der Waals surface area contributed by atoms with Gasteiger partial charge in [-0.15, -0.1) is 0 Å². The van der Waals surface area contributed by atoms with Gasteiger partial charge in [0.15, 0.2) is 0 Å². The zero-order valence-corrected chi connectivity index (χ0v) is 12.3. The molecule has 0 aliphatic carbocycles. The predicted octanol–water partition coefficient (Wildman–Crippen LogP) is 3.11. The molecule has 2 unspecified atom stereocenters. The highest BCUT2D eigenvalue weighted by Crippen LogP contribution is 2.24. The third-order valence-corrected chi connectivity index (χ3v) is 3.38. The minimum atomic E-state index is -0.438. The Balaban J connectivity index is 2.02. The molecular formula is C17H20FNO2. The van der Waals surface area contributed by atoms with Gasteiger partial charge in [0.1, 0.15) is 11.6 Å². The summed E-state index contributed by atoms with van der Waals surface area (Å²) in [5, 5.41) is 0. The van der Waals surface area contributed by atoms with Crippen molar-refractivity contribution in [1.29, 1.82) is 0 Å². The van der Waals surface area contributed by atoms with Crippen LogP contribution in [0.2, 0.25) is 0 Å². The number of benzene rings is 1. The van der Waals surface area contributed by atoms with Crippen LogP contribution in [0.4, 0.5) is 4.39 Å². The summed E-state index contributed by atoms with van der Waals surface area (Å²) in [5.74, 6) is -0.347. The fourth-order valence-corrected chi connectivity index (χ4v) is 2.24. The maximum absolute atomic E-state index is 13.1. The van der Waals surface area contributed by atoms with Gasteiger partial charge in [0.05, 0.1) is 12.0 Å². The number of rotatable bonds is 5. The van der Waals surface area contributed by atoms with Crippen LogP contribution < -0.4 is 5.73 Å². The van der Waals surface area contributed by atoms with Crippen LogP contribution in [-0.4, -0.2) is 12.0 Å². The lowest BCUT2D eigenvalue weighted by Crippen LogP contribution is -2.26. The molecule has 0 fully saturated rings. The largest absolute Gasteiger partial charge is 0.429 e. The Hall–Kier alpha value is -1.94. The number of allylic oxidation sites excluding steroid dienone is 2. The van der Waals surface area contributed by atoms with E-state index in [9.17, 15) is 9.18 Å². The van der Waals surface area contributed by atoms with Crippen molar-refractivity contribution in [3.8, 4) is 0 Å². The Labute approximate surface area is 124 Å². The Kier molecular flexibility index (Phi) is 4.91. The van der Waals surface area contributed by atoms with Crippen molar-refractivity contribution >= 4 is 5.97 Å². The molecule has 1 aromatic carbocycles. The first-order valence-corrected chi connectivity index (χ1v) is 7.02. The lowest BCUT2D eigenvalue weighted by molar-refractivity contribution is -0.140. The second kappa shape index (κ2) is 6.68. The Morgan fingerprint density at radius 3 is 2.90 bits per heavy atom. The first-order chi connectivity index (χ1) is 9.95. The molecule has 3 nitrogen and oxygen atoms in total. The number of halogens is 1. The van der Waals surface area contributed by atoms with Gasteiger partial charge in [0.25, 0.3) is 0 Å². The van der Waals surface area contributed by atoms with Gasteiger partial charge in [-0.3, -0.25) is 4.79 Å². The second-order valence-electron chi connectivity index (χ2n) is 5.55. The van der Waals surface area contributed by atoms with Gasteiger partial charge in [-0.2, -0.15) is 0 Å². The summed E-state index contributed by atoms with van der Waals surface area (Å²) in [5.41, 5.74) is 8.00. The molecule has 1 aromatic rings. The second-order valence-corrected chi connectivity index (χ2v) is 5.55. The molecule has 0 aromatic heterocycles. The number of carbonyl (C=O) groups is 1. The van der Waals surface area contributed by atoms with E-state index >= 15 is 0 Å². The van der Waals surface area contributed by atoms with Gasteiger partial charge in [-0.25, -0.2) is 4.39 Å². The van der Waals surface area contributed by atoms with Crippen LogP contribution in [0.15, 0.2) is 47.7 Å². The molecule has 0 saturated carbocycles. The van der Waals surface area contributed by atoms with Gasteiger partial charge in [0.2, 0.25) is 0 Å². The monoisotopic (exact) mass is 289 g/mol. The predicted molar refractivity (Wildman–Crippen MR) is 79.8 cm³/mol. The minimum Gasteiger partial charge on any atom is -0.429 e. The maximum Gasteiger partial charge on any atom is 0.318 e. The summed E-state index contributed by atoms with van der Waals surface area (Å²) < 4.78 is 18.4. The van der Waals surface area contributed by atoms with Gasteiger partial charge in [-0.05, 0) is 50.5 Å². The number of cyclic esters (lactones) is 1.